The Morgan fingerprint density at radius 1 is 0.917 bits per heavy atom. The molecule has 1 unspecified atom stereocenters. The molecule has 0 radical (unpaired) electrons. The molecule has 0 fully saturated rings. The van der Waals surface area contributed by atoms with Crippen molar-refractivity contribution < 1.29 is 23.5 Å². The Morgan fingerprint density at radius 2 is 1.56 bits per heavy atom. The van der Waals surface area contributed by atoms with E-state index in [9.17, 15) is 28.3 Å². The van der Waals surface area contributed by atoms with Gasteiger partial charge in [-0.2, -0.15) is 0 Å². The first kappa shape index (κ1) is 36.6. The van der Waals surface area contributed by atoms with E-state index in [0.29, 0.717) is 34.6 Å². The molecular weight excluding hydrogens is 656 g/mol. The third kappa shape index (κ3) is 7.90. The van der Waals surface area contributed by atoms with Crippen LogP contribution in [-0.2, 0) is 24.4 Å². The first-order chi connectivity index (χ1) is 22.5. The summed E-state index contributed by atoms with van der Waals surface area (Å²) < 4.78 is 31.4. The van der Waals surface area contributed by atoms with Crippen LogP contribution in [0.4, 0.5) is 14.5 Å². The Hall–Kier alpha value is -4.22. The number of halogens is 3. The van der Waals surface area contributed by atoms with Crippen molar-refractivity contribution in [2.45, 2.75) is 40.4 Å². The average Bonchev–Trinajstić information content (AvgIpc) is 3.43. The molecule has 2 N–H and O–H groups in total. The van der Waals surface area contributed by atoms with Gasteiger partial charge < -0.3 is 15.0 Å². The molecule has 5 aromatic rings. The van der Waals surface area contributed by atoms with Gasteiger partial charge in [0.15, 0.2) is 5.78 Å². The van der Waals surface area contributed by atoms with Crippen molar-refractivity contribution in [2.75, 3.05) is 19.0 Å². The summed E-state index contributed by atoms with van der Waals surface area (Å²) in [6.45, 7) is 5.48. The maximum Gasteiger partial charge on any atom is 0.229 e. The minimum Gasteiger partial charge on any atom is -0.396 e. The van der Waals surface area contributed by atoms with Crippen LogP contribution in [0.1, 0.15) is 47.8 Å². The highest BCUT2D eigenvalue weighted by Gasteiger charge is 2.26. The van der Waals surface area contributed by atoms with Crippen molar-refractivity contribution in [2.24, 2.45) is 11.8 Å². The molecule has 0 aliphatic heterocycles. The molecule has 1 amide bonds. The molecule has 3 aromatic carbocycles. The molecule has 7 nitrogen and oxygen atoms in total. The molecule has 252 valence electrons. The summed E-state index contributed by atoms with van der Waals surface area (Å²) in [5.41, 5.74) is 2.46. The number of carbonyl (C=O) groups is 2. The second kappa shape index (κ2) is 15.8. The van der Waals surface area contributed by atoms with Gasteiger partial charge in [-0.3, -0.25) is 19.3 Å². The molecule has 0 bridgehead atoms. The zero-order valence-corrected chi connectivity index (χ0v) is 28.8. The molecule has 0 aliphatic carbocycles. The standard InChI is InChI=1S/C37H37F2N3O4S.ClH/c1-22(2)33(44)29-20-42(19-27-30(38)11-8-12-31(27)39)37-32(34(29)45)28(18-41(4)17-24-9-6-5-7-10-24)35(47-37)25-13-15-26(16-14-25)40-36(46)23(3)21-43;/h5-16,20,22-23,43H,17-19,21H2,1-4H3,(H,40,46);1H. The van der Waals surface area contributed by atoms with Gasteiger partial charge in [-0.15, -0.1) is 23.7 Å². The summed E-state index contributed by atoms with van der Waals surface area (Å²) in [5, 5.41) is 12.5. The number of benzene rings is 3. The Kier molecular flexibility index (Phi) is 12.0. The number of Topliss-reactive ketones (excluding diaryl/α,β-unsaturated/α-hetero) is 1. The smallest absolute Gasteiger partial charge is 0.229 e. The highest BCUT2D eigenvalue weighted by atomic mass is 35.5. The van der Waals surface area contributed by atoms with E-state index >= 15 is 0 Å². The van der Waals surface area contributed by atoms with E-state index in [1.807, 2.05) is 49.5 Å². The lowest BCUT2D eigenvalue weighted by atomic mass is 9.99. The van der Waals surface area contributed by atoms with Crippen molar-refractivity contribution in [1.29, 1.82) is 0 Å². The number of anilines is 1. The second-order valence-corrected chi connectivity index (χ2v) is 13.1. The van der Waals surface area contributed by atoms with Gasteiger partial charge in [-0.25, -0.2) is 8.78 Å². The fourth-order valence-electron chi connectivity index (χ4n) is 5.41. The highest BCUT2D eigenvalue weighted by molar-refractivity contribution is 7.22. The fourth-order valence-corrected chi connectivity index (χ4v) is 6.70. The number of nitrogens with one attached hydrogen (secondary N) is 1. The highest BCUT2D eigenvalue weighted by Crippen LogP contribution is 2.39. The predicted molar refractivity (Wildman–Crippen MR) is 190 cm³/mol. The molecular formula is C37H38ClF2N3O4S. The number of aliphatic hydroxyl groups excluding tert-OH is 1. The monoisotopic (exact) mass is 693 g/mol. The largest absolute Gasteiger partial charge is 0.396 e. The van der Waals surface area contributed by atoms with Gasteiger partial charge in [0.05, 0.1) is 30.0 Å². The molecule has 0 saturated heterocycles. The Morgan fingerprint density at radius 3 is 2.17 bits per heavy atom. The van der Waals surface area contributed by atoms with E-state index in [-0.39, 0.29) is 48.4 Å². The first-order valence-corrected chi connectivity index (χ1v) is 16.2. The first-order valence-electron chi connectivity index (χ1n) is 15.4. The number of ketones is 1. The Labute approximate surface area is 288 Å². The van der Waals surface area contributed by atoms with E-state index in [0.717, 1.165) is 16.0 Å². The SMILES string of the molecule is CC(C)C(=O)c1cn(Cc2c(F)cccc2F)c2sc(-c3ccc(NC(=O)C(C)CO)cc3)c(CN(C)Cc3ccccc3)c2c1=O.Cl. The minimum absolute atomic E-state index is 0. The number of aromatic nitrogens is 1. The van der Waals surface area contributed by atoms with Crippen LogP contribution in [-0.4, -0.2) is 39.9 Å². The summed E-state index contributed by atoms with van der Waals surface area (Å²) in [6.07, 6.45) is 1.43. The summed E-state index contributed by atoms with van der Waals surface area (Å²) in [7, 11) is 1.94. The quantitative estimate of drug-likeness (QED) is 0.132. The number of rotatable bonds is 12. The van der Waals surface area contributed by atoms with Crippen LogP contribution in [0.5, 0.6) is 0 Å². The van der Waals surface area contributed by atoms with Gasteiger partial charge >= 0.3 is 0 Å². The third-order valence-corrected chi connectivity index (χ3v) is 9.36. The minimum atomic E-state index is -0.721. The maximum atomic E-state index is 14.9. The zero-order chi connectivity index (χ0) is 33.8. The van der Waals surface area contributed by atoms with E-state index in [1.165, 1.54) is 35.7 Å². The lowest BCUT2D eigenvalue weighted by molar-refractivity contribution is -0.120. The topological polar surface area (TPSA) is 91.6 Å². The number of hydrogen-bond donors (Lipinski definition) is 2. The molecule has 11 heteroatoms. The lowest BCUT2D eigenvalue weighted by Crippen LogP contribution is -2.24. The van der Waals surface area contributed by atoms with Crippen LogP contribution in [0.15, 0.2) is 83.8 Å². The summed E-state index contributed by atoms with van der Waals surface area (Å²) >= 11 is 1.31. The Bertz CT molecular complexity index is 1960. The van der Waals surface area contributed by atoms with E-state index < -0.39 is 28.9 Å². The number of nitrogens with zero attached hydrogens (tertiary/aromatic N) is 2. The Balaban J connectivity index is 0.00000520. The van der Waals surface area contributed by atoms with Gasteiger partial charge in [-0.05, 0) is 48.0 Å². The van der Waals surface area contributed by atoms with Crippen molar-refractivity contribution >= 4 is 51.3 Å². The van der Waals surface area contributed by atoms with Crippen molar-refractivity contribution in [3.63, 3.8) is 0 Å². The van der Waals surface area contributed by atoms with Gasteiger partial charge in [0.1, 0.15) is 16.5 Å². The normalized spacial score (nSPS) is 11.9. The van der Waals surface area contributed by atoms with Crippen LogP contribution in [0.25, 0.3) is 20.7 Å². The maximum absolute atomic E-state index is 14.9. The zero-order valence-electron chi connectivity index (χ0n) is 27.1. The van der Waals surface area contributed by atoms with E-state index in [4.69, 9.17) is 0 Å². The summed E-state index contributed by atoms with van der Waals surface area (Å²) in [6, 6.07) is 20.7. The van der Waals surface area contributed by atoms with Gasteiger partial charge in [-0.1, -0.05) is 69.3 Å². The average molecular weight is 694 g/mol. The number of carbonyl (C=O) groups excluding carboxylic acids is 2. The third-order valence-electron chi connectivity index (χ3n) is 8.05. The molecule has 0 aliphatic rings. The molecule has 1 atom stereocenters. The van der Waals surface area contributed by atoms with Crippen LogP contribution in [0.2, 0.25) is 0 Å². The number of fused-ring (bicyclic) bond motifs is 1. The van der Waals surface area contributed by atoms with Crippen LogP contribution in [0.3, 0.4) is 0 Å². The van der Waals surface area contributed by atoms with Gasteiger partial charge in [0.25, 0.3) is 0 Å². The van der Waals surface area contributed by atoms with Crippen molar-refractivity contribution in [3.05, 3.63) is 123 Å². The molecule has 0 spiro atoms. The summed E-state index contributed by atoms with van der Waals surface area (Å²) in [4.78, 5) is 43.3. The molecule has 0 saturated carbocycles. The predicted octanol–water partition coefficient (Wildman–Crippen LogP) is 7.52. The van der Waals surface area contributed by atoms with E-state index in [2.05, 4.69) is 10.2 Å². The number of aliphatic hydroxyl groups is 1. The van der Waals surface area contributed by atoms with Crippen molar-refractivity contribution in [1.82, 2.24) is 9.47 Å². The number of amides is 1. The molecule has 48 heavy (non-hydrogen) atoms. The lowest BCUT2D eigenvalue weighted by Gasteiger charge is -2.18. The van der Waals surface area contributed by atoms with Crippen molar-refractivity contribution in [3.8, 4) is 10.4 Å². The molecule has 2 aromatic heterocycles. The van der Waals surface area contributed by atoms with Gasteiger partial charge in [0.2, 0.25) is 11.3 Å². The van der Waals surface area contributed by atoms with Gasteiger partial charge in [0, 0.05) is 41.3 Å². The molecule has 2 heterocycles. The number of pyridine rings is 1. The van der Waals surface area contributed by atoms with E-state index in [1.54, 1.807) is 37.5 Å². The van der Waals surface area contributed by atoms with Crippen LogP contribution >= 0.6 is 23.7 Å². The van der Waals surface area contributed by atoms with Crippen LogP contribution in [0, 0.1) is 23.5 Å². The molecule has 5 rings (SSSR count). The second-order valence-electron chi connectivity index (χ2n) is 12.1. The number of hydrogen-bond acceptors (Lipinski definition) is 6. The fraction of sp³-hybridized carbons (Fsp3) is 0.270. The summed E-state index contributed by atoms with van der Waals surface area (Å²) in [5.74, 6) is -3.16. The number of thiophene rings is 1. The van der Waals surface area contributed by atoms with Crippen LogP contribution < -0.4 is 10.7 Å².